The number of fused-ring (bicyclic) bond motifs is 1. The van der Waals surface area contributed by atoms with E-state index in [1.54, 1.807) is 0 Å². The molecule has 0 fully saturated rings. The molecule has 4 rings (SSSR count). The van der Waals surface area contributed by atoms with Crippen molar-refractivity contribution < 1.29 is 4.79 Å². The first-order chi connectivity index (χ1) is 16.1. The van der Waals surface area contributed by atoms with Gasteiger partial charge in [0.15, 0.2) is 11.4 Å². The maximum Gasteiger partial charge on any atom is 0.185 e. The van der Waals surface area contributed by atoms with Gasteiger partial charge in [-0.05, 0) is 51.8 Å². The molecule has 2 aromatic carbocycles. The molecular formula is C29H30N4O. The lowest BCUT2D eigenvalue weighted by molar-refractivity contribution is 0.104. The van der Waals surface area contributed by atoms with Gasteiger partial charge in [-0.2, -0.15) is 0 Å². The Morgan fingerprint density at radius 3 is 2.32 bits per heavy atom. The van der Waals surface area contributed by atoms with Crippen molar-refractivity contribution >= 4 is 22.6 Å². The number of benzene rings is 2. The number of rotatable bonds is 5. The molecule has 2 aromatic heterocycles. The lowest BCUT2D eigenvalue weighted by Crippen LogP contribution is -2.13. The number of nitrogens with zero attached hydrogens (tertiary/aromatic N) is 3. The van der Waals surface area contributed by atoms with Gasteiger partial charge in [0.05, 0.1) is 11.1 Å². The molecule has 5 heteroatoms. The van der Waals surface area contributed by atoms with E-state index in [1.807, 2.05) is 24.3 Å². The van der Waals surface area contributed by atoms with Crippen molar-refractivity contribution in [1.82, 2.24) is 15.0 Å². The maximum absolute atomic E-state index is 12.9. The molecule has 4 aromatic rings. The average molecular weight is 451 g/mol. The van der Waals surface area contributed by atoms with Crippen molar-refractivity contribution in [1.29, 1.82) is 0 Å². The van der Waals surface area contributed by atoms with Gasteiger partial charge in [0, 0.05) is 11.1 Å². The lowest BCUT2D eigenvalue weighted by atomic mass is 9.84. The van der Waals surface area contributed by atoms with Crippen LogP contribution in [-0.4, -0.2) is 20.7 Å². The van der Waals surface area contributed by atoms with E-state index >= 15 is 0 Å². The minimum atomic E-state index is -0.145. The van der Waals surface area contributed by atoms with Gasteiger partial charge in [-0.15, -0.1) is 0 Å². The smallest absolute Gasteiger partial charge is 0.185 e. The number of allylic oxidation sites excluding steroid dienone is 1. The number of nitrogens with two attached hydrogens (primary N) is 1. The van der Waals surface area contributed by atoms with Crippen LogP contribution in [0.3, 0.4) is 0 Å². The van der Waals surface area contributed by atoms with E-state index in [4.69, 9.17) is 10.7 Å². The van der Waals surface area contributed by atoms with Crippen LogP contribution >= 0.6 is 0 Å². The fourth-order valence-electron chi connectivity index (χ4n) is 4.05. The highest BCUT2D eigenvalue weighted by atomic mass is 16.1. The molecule has 0 amide bonds. The fourth-order valence-corrected chi connectivity index (χ4v) is 4.05. The first-order valence-corrected chi connectivity index (χ1v) is 11.4. The number of carbonyl (C=O) groups excluding carboxylic acids is 1. The number of nitrogen functional groups attached to an aromatic ring is 1. The Morgan fingerprint density at radius 1 is 1.00 bits per heavy atom. The van der Waals surface area contributed by atoms with E-state index in [1.165, 1.54) is 18.0 Å². The topological polar surface area (TPSA) is 81.8 Å². The highest BCUT2D eigenvalue weighted by Gasteiger charge is 2.21. The molecule has 0 atom stereocenters. The second-order valence-corrected chi connectivity index (χ2v) is 9.87. The summed E-state index contributed by atoms with van der Waals surface area (Å²) in [4.78, 5) is 26.3. The lowest BCUT2D eigenvalue weighted by Gasteiger charge is -2.21. The molecule has 0 saturated carbocycles. The normalized spacial score (nSPS) is 11.7. The van der Waals surface area contributed by atoms with Crippen LogP contribution in [0.25, 0.3) is 33.4 Å². The van der Waals surface area contributed by atoms with Crippen molar-refractivity contribution in [3.05, 3.63) is 84.2 Å². The molecule has 0 saturated heterocycles. The summed E-state index contributed by atoms with van der Waals surface area (Å²) in [6.45, 7) is 14.4. The summed E-state index contributed by atoms with van der Waals surface area (Å²) in [5.74, 6) is 0.659. The van der Waals surface area contributed by atoms with Gasteiger partial charge >= 0.3 is 0 Å². The third-order valence-electron chi connectivity index (χ3n) is 6.13. The predicted octanol–water partition coefficient (Wildman–Crippen LogP) is 6.73. The third-order valence-corrected chi connectivity index (χ3v) is 6.13. The van der Waals surface area contributed by atoms with Crippen LogP contribution in [0.5, 0.6) is 0 Å². The highest BCUT2D eigenvalue weighted by molar-refractivity contribution is 6.09. The maximum atomic E-state index is 12.9. The Morgan fingerprint density at radius 2 is 1.71 bits per heavy atom. The number of hydrogen-bond donors (Lipinski definition) is 1. The third kappa shape index (κ3) is 4.34. The Bertz CT molecular complexity index is 1400. The summed E-state index contributed by atoms with van der Waals surface area (Å²) in [5, 5.41) is 0.700. The van der Waals surface area contributed by atoms with E-state index in [2.05, 4.69) is 75.4 Å². The largest absolute Gasteiger partial charge is 0.383 e. The van der Waals surface area contributed by atoms with Crippen LogP contribution in [0.2, 0.25) is 0 Å². The van der Waals surface area contributed by atoms with Gasteiger partial charge in [-0.1, -0.05) is 77.6 Å². The molecule has 2 N–H and O–H groups in total. The van der Waals surface area contributed by atoms with Crippen LogP contribution in [0.15, 0.2) is 67.5 Å². The second kappa shape index (κ2) is 8.82. The quantitative estimate of drug-likeness (QED) is 0.269. The van der Waals surface area contributed by atoms with Gasteiger partial charge < -0.3 is 5.73 Å². The summed E-state index contributed by atoms with van der Waals surface area (Å²) in [6.07, 6.45) is 2.76. The average Bonchev–Trinajstić information content (AvgIpc) is 2.82. The molecule has 0 bridgehead atoms. The van der Waals surface area contributed by atoms with Gasteiger partial charge in [0.2, 0.25) is 0 Å². The van der Waals surface area contributed by atoms with E-state index in [0.717, 1.165) is 22.3 Å². The summed E-state index contributed by atoms with van der Waals surface area (Å²) < 4.78 is 0. The molecule has 0 aliphatic heterocycles. The van der Waals surface area contributed by atoms with Crippen LogP contribution in [0.4, 0.5) is 5.82 Å². The molecule has 172 valence electrons. The molecule has 0 spiro atoms. The zero-order chi connectivity index (χ0) is 24.6. The molecule has 34 heavy (non-hydrogen) atoms. The summed E-state index contributed by atoms with van der Waals surface area (Å²) >= 11 is 0. The van der Waals surface area contributed by atoms with Gasteiger partial charge in [0.1, 0.15) is 12.1 Å². The Labute approximate surface area is 200 Å². The van der Waals surface area contributed by atoms with E-state index in [0.29, 0.717) is 34.0 Å². The molecule has 2 heterocycles. The number of anilines is 1. The Kier molecular flexibility index (Phi) is 6.05. The summed E-state index contributed by atoms with van der Waals surface area (Å²) in [5.41, 5.74) is 12.8. The van der Waals surface area contributed by atoms with Crippen LogP contribution in [0.1, 0.15) is 62.0 Å². The van der Waals surface area contributed by atoms with Gasteiger partial charge in [-0.25, -0.2) is 15.0 Å². The number of ketones is 1. The van der Waals surface area contributed by atoms with Crippen molar-refractivity contribution in [2.45, 2.75) is 46.0 Å². The van der Waals surface area contributed by atoms with Crippen LogP contribution < -0.4 is 5.73 Å². The first-order valence-electron chi connectivity index (χ1n) is 11.4. The monoisotopic (exact) mass is 450 g/mol. The Hall–Kier alpha value is -3.86. The Balaban J connectivity index is 2.00. The zero-order valence-electron chi connectivity index (χ0n) is 20.4. The van der Waals surface area contributed by atoms with Crippen molar-refractivity contribution in [3.63, 3.8) is 0 Å². The summed E-state index contributed by atoms with van der Waals surface area (Å²) in [7, 11) is 0. The standard InChI is InChI=1S/C29H30N4O/c1-7-25(34)23-14-20(29(4,5)6)12-13-21(23)24-15-22(19-10-8-18(9-11-19)17(2)3)26-27(30)31-16-32-28(26)33-24/h7-17H,1H2,2-6H3,(H2,30,31,32,33). The van der Waals surface area contributed by atoms with Crippen molar-refractivity contribution in [3.8, 4) is 22.4 Å². The number of pyridine rings is 1. The minimum absolute atomic E-state index is 0.101. The number of aromatic nitrogens is 3. The number of hydrogen-bond acceptors (Lipinski definition) is 5. The molecular weight excluding hydrogens is 420 g/mol. The zero-order valence-corrected chi connectivity index (χ0v) is 20.4. The van der Waals surface area contributed by atoms with Crippen LogP contribution in [0, 0.1) is 0 Å². The van der Waals surface area contributed by atoms with Crippen LogP contribution in [-0.2, 0) is 5.41 Å². The number of carbonyl (C=O) groups is 1. The fraction of sp³-hybridized carbons (Fsp3) is 0.241. The second-order valence-electron chi connectivity index (χ2n) is 9.87. The SMILES string of the molecule is C=CC(=O)c1cc(C(C)(C)C)ccc1-c1cc(-c2ccc(C(C)C)cc2)c2c(N)ncnc2n1. The van der Waals surface area contributed by atoms with E-state index in [-0.39, 0.29) is 11.2 Å². The molecule has 5 nitrogen and oxygen atoms in total. The van der Waals surface area contributed by atoms with Gasteiger partial charge in [0.25, 0.3) is 0 Å². The van der Waals surface area contributed by atoms with Gasteiger partial charge in [-0.3, -0.25) is 4.79 Å². The summed E-state index contributed by atoms with van der Waals surface area (Å²) in [6, 6.07) is 16.3. The van der Waals surface area contributed by atoms with Crippen molar-refractivity contribution in [2.75, 3.05) is 5.73 Å². The molecule has 0 aliphatic carbocycles. The first kappa shape index (κ1) is 23.3. The van der Waals surface area contributed by atoms with E-state index < -0.39 is 0 Å². The molecule has 0 aliphatic rings. The van der Waals surface area contributed by atoms with Crippen molar-refractivity contribution in [2.24, 2.45) is 0 Å². The highest BCUT2D eigenvalue weighted by Crippen LogP contribution is 2.36. The molecule has 0 unspecified atom stereocenters. The molecule has 0 radical (unpaired) electrons. The minimum Gasteiger partial charge on any atom is -0.383 e. The van der Waals surface area contributed by atoms with E-state index in [9.17, 15) is 4.79 Å². The predicted molar refractivity (Wildman–Crippen MR) is 140 cm³/mol.